The number of fused-ring (bicyclic) bond motifs is 2. The van der Waals surface area contributed by atoms with Crippen LogP contribution in [0.2, 0.25) is 0 Å². The van der Waals surface area contributed by atoms with Crippen LogP contribution in [0.25, 0.3) is 21.9 Å². The van der Waals surface area contributed by atoms with Crippen molar-refractivity contribution in [3.8, 4) is 11.1 Å². The molecule has 1 aromatic heterocycles. The molecule has 2 aliphatic heterocycles. The van der Waals surface area contributed by atoms with Gasteiger partial charge in [0, 0.05) is 68.3 Å². The zero-order valence-electron chi connectivity index (χ0n) is 16.4. The summed E-state index contributed by atoms with van der Waals surface area (Å²) in [5, 5.41) is 2.27. The third kappa shape index (κ3) is 3.27. The second-order valence-electron chi connectivity index (χ2n) is 8.17. The maximum Gasteiger partial charge on any atom is 0.253 e. The number of nitrogens with zero attached hydrogens (tertiary/aromatic N) is 3. The first-order valence-corrected chi connectivity index (χ1v) is 10.1. The number of likely N-dealkylation sites (tertiary alicyclic amines) is 2. The Bertz CT molecular complexity index is 1080. The summed E-state index contributed by atoms with van der Waals surface area (Å²) < 4.78 is 0. The monoisotopic (exact) mass is 385 g/mol. The van der Waals surface area contributed by atoms with E-state index in [-0.39, 0.29) is 11.8 Å². The molecule has 0 N–H and O–H groups in total. The standard InChI is InChI=1S/C24H23N3O2/c1-16(28)26-12-22-14-27(15-23(22)13-26)24(29)18-4-2-17(3-5-18)19-6-7-21-11-25-9-8-20(21)10-19/h2-11,22-23H,12-15H2,1H3. The molecule has 146 valence electrons. The molecule has 0 bridgehead atoms. The van der Waals surface area contributed by atoms with Gasteiger partial charge in [0.1, 0.15) is 0 Å². The summed E-state index contributed by atoms with van der Waals surface area (Å²) in [6.07, 6.45) is 3.66. The lowest BCUT2D eigenvalue weighted by Gasteiger charge is -2.21. The minimum Gasteiger partial charge on any atom is -0.342 e. The molecule has 0 aliphatic carbocycles. The quantitative estimate of drug-likeness (QED) is 0.679. The molecule has 0 saturated carbocycles. The minimum absolute atomic E-state index is 0.0879. The fourth-order valence-electron chi connectivity index (χ4n) is 4.67. The van der Waals surface area contributed by atoms with Gasteiger partial charge in [-0.2, -0.15) is 0 Å². The van der Waals surface area contributed by atoms with Crippen LogP contribution < -0.4 is 0 Å². The highest BCUT2D eigenvalue weighted by Crippen LogP contribution is 2.32. The molecule has 3 heterocycles. The second kappa shape index (κ2) is 6.99. The Balaban J connectivity index is 1.30. The number of benzene rings is 2. The molecule has 2 fully saturated rings. The number of pyridine rings is 1. The van der Waals surface area contributed by atoms with Crippen molar-refractivity contribution in [1.82, 2.24) is 14.8 Å². The fourth-order valence-corrected chi connectivity index (χ4v) is 4.67. The third-order valence-electron chi connectivity index (χ3n) is 6.32. The number of hydrogen-bond acceptors (Lipinski definition) is 3. The molecule has 5 rings (SSSR count). The molecule has 2 unspecified atom stereocenters. The van der Waals surface area contributed by atoms with Crippen LogP contribution in [-0.4, -0.2) is 52.8 Å². The van der Waals surface area contributed by atoms with Crippen LogP contribution in [-0.2, 0) is 4.79 Å². The van der Waals surface area contributed by atoms with Crippen LogP contribution in [0.1, 0.15) is 17.3 Å². The number of aromatic nitrogens is 1. The molecular weight excluding hydrogens is 362 g/mol. The number of rotatable bonds is 2. The van der Waals surface area contributed by atoms with Gasteiger partial charge in [-0.25, -0.2) is 0 Å². The number of hydrogen-bond donors (Lipinski definition) is 0. The lowest BCUT2D eigenvalue weighted by Crippen LogP contribution is -2.34. The predicted molar refractivity (Wildman–Crippen MR) is 112 cm³/mol. The molecule has 5 nitrogen and oxygen atoms in total. The maximum absolute atomic E-state index is 13.0. The highest BCUT2D eigenvalue weighted by Gasteiger charge is 2.42. The molecule has 5 heteroatoms. The molecule has 2 atom stereocenters. The van der Waals surface area contributed by atoms with E-state index in [1.807, 2.05) is 46.3 Å². The molecule has 2 amide bonds. The molecule has 2 saturated heterocycles. The van der Waals surface area contributed by atoms with Gasteiger partial charge >= 0.3 is 0 Å². The molecule has 29 heavy (non-hydrogen) atoms. The molecular formula is C24H23N3O2. The van der Waals surface area contributed by atoms with Crippen LogP contribution in [0.15, 0.2) is 60.9 Å². The SMILES string of the molecule is CC(=O)N1CC2CN(C(=O)c3ccc(-c4ccc5cnccc5c4)cc3)CC2C1. The topological polar surface area (TPSA) is 53.5 Å². The zero-order valence-corrected chi connectivity index (χ0v) is 16.4. The Morgan fingerprint density at radius 1 is 0.828 bits per heavy atom. The number of carbonyl (C=O) groups excluding carboxylic acids is 2. The average molecular weight is 385 g/mol. The van der Waals surface area contributed by atoms with E-state index < -0.39 is 0 Å². The van der Waals surface area contributed by atoms with E-state index in [1.165, 1.54) is 0 Å². The lowest BCUT2D eigenvalue weighted by molar-refractivity contribution is -0.128. The van der Waals surface area contributed by atoms with Crippen LogP contribution in [0.3, 0.4) is 0 Å². The molecule has 2 aliphatic rings. The van der Waals surface area contributed by atoms with Gasteiger partial charge in [0.25, 0.3) is 5.91 Å². The highest BCUT2D eigenvalue weighted by molar-refractivity contribution is 5.95. The smallest absolute Gasteiger partial charge is 0.253 e. The van der Waals surface area contributed by atoms with Gasteiger partial charge in [-0.05, 0) is 40.8 Å². The summed E-state index contributed by atoms with van der Waals surface area (Å²) in [7, 11) is 0. The molecule has 0 spiro atoms. The normalized spacial score (nSPS) is 20.9. The zero-order chi connectivity index (χ0) is 20.0. The van der Waals surface area contributed by atoms with E-state index in [9.17, 15) is 9.59 Å². The minimum atomic E-state index is 0.0879. The van der Waals surface area contributed by atoms with Crippen molar-refractivity contribution in [2.24, 2.45) is 11.8 Å². The van der Waals surface area contributed by atoms with Crippen molar-refractivity contribution in [2.45, 2.75) is 6.92 Å². The second-order valence-corrected chi connectivity index (χ2v) is 8.17. The van der Waals surface area contributed by atoms with Crippen molar-refractivity contribution in [3.05, 3.63) is 66.5 Å². The van der Waals surface area contributed by atoms with Crippen molar-refractivity contribution in [2.75, 3.05) is 26.2 Å². The molecule has 0 radical (unpaired) electrons. The lowest BCUT2D eigenvalue weighted by atomic mass is 10.0. The van der Waals surface area contributed by atoms with Crippen molar-refractivity contribution in [1.29, 1.82) is 0 Å². The summed E-state index contributed by atoms with van der Waals surface area (Å²) in [5.74, 6) is 1.05. The van der Waals surface area contributed by atoms with Gasteiger partial charge in [0.2, 0.25) is 5.91 Å². The first kappa shape index (κ1) is 17.9. The summed E-state index contributed by atoms with van der Waals surface area (Å²) in [4.78, 5) is 32.5. The third-order valence-corrected chi connectivity index (χ3v) is 6.32. The fraction of sp³-hybridized carbons (Fsp3) is 0.292. The van der Waals surface area contributed by atoms with E-state index >= 15 is 0 Å². The summed E-state index contributed by atoms with van der Waals surface area (Å²) in [5.41, 5.74) is 2.94. The van der Waals surface area contributed by atoms with Gasteiger partial charge < -0.3 is 9.80 Å². The van der Waals surface area contributed by atoms with E-state index in [4.69, 9.17) is 0 Å². The van der Waals surface area contributed by atoms with Gasteiger partial charge in [-0.15, -0.1) is 0 Å². The van der Waals surface area contributed by atoms with Crippen LogP contribution in [0, 0.1) is 11.8 Å². The Morgan fingerprint density at radius 2 is 1.48 bits per heavy atom. The summed E-state index contributed by atoms with van der Waals surface area (Å²) >= 11 is 0. The van der Waals surface area contributed by atoms with Gasteiger partial charge in [-0.3, -0.25) is 14.6 Å². The Labute approximate surface area is 170 Å². The van der Waals surface area contributed by atoms with Crippen LogP contribution in [0.4, 0.5) is 0 Å². The molecule has 3 aromatic rings. The van der Waals surface area contributed by atoms with E-state index in [0.717, 1.165) is 53.6 Å². The Hall–Kier alpha value is -3.21. The van der Waals surface area contributed by atoms with Gasteiger partial charge in [0.15, 0.2) is 0 Å². The van der Waals surface area contributed by atoms with Crippen LogP contribution in [0.5, 0.6) is 0 Å². The number of carbonyl (C=O) groups is 2. The van der Waals surface area contributed by atoms with Crippen molar-refractivity contribution < 1.29 is 9.59 Å². The van der Waals surface area contributed by atoms with E-state index in [2.05, 4.69) is 23.2 Å². The Kier molecular flexibility index (Phi) is 4.31. The van der Waals surface area contributed by atoms with Crippen molar-refractivity contribution in [3.63, 3.8) is 0 Å². The van der Waals surface area contributed by atoms with E-state index in [0.29, 0.717) is 11.8 Å². The summed E-state index contributed by atoms with van der Waals surface area (Å²) in [6.45, 7) is 4.67. The van der Waals surface area contributed by atoms with Crippen LogP contribution >= 0.6 is 0 Å². The highest BCUT2D eigenvalue weighted by atomic mass is 16.2. The number of amides is 2. The average Bonchev–Trinajstić information content (AvgIpc) is 3.33. The Morgan fingerprint density at radius 3 is 2.17 bits per heavy atom. The first-order chi connectivity index (χ1) is 14.1. The van der Waals surface area contributed by atoms with E-state index in [1.54, 1.807) is 13.1 Å². The predicted octanol–water partition coefficient (Wildman–Crippen LogP) is 3.45. The maximum atomic E-state index is 13.0. The largest absolute Gasteiger partial charge is 0.342 e. The van der Waals surface area contributed by atoms with Crippen molar-refractivity contribution >= 4 is 22.6 Å². The van der Waals surface area contributed by atoms with Gasteiger partial charge in [0.05, 0.1) is 0 Å². The summed E-state index contributed by atoms with van der Waals surface area (Å²) in [6, 6.07) is 16.2. The molecule has 2 aromatic carbocycles. The van der Waals surface area contributed by atoms with Gasteiger partial charge in [-0.1, -0.05) is 24.3 Å². The first-order valence-electron chi connectivity index (χ1n) is 10.1.